The first-order valence-electron chi connectivity index (χ1n) is 8.60. The van der Waals surface area contributed by atoms with E-state index in [0.717, 1.165) is 36.4 Å². The Bertz CT molecular complexity index is 542. The zero-order valence-corrected chi connectivity index (χ0v) is 15.7. The van der Waals surface area contributed by atoms with Gasteiger partial charge < -0.3 is 20.5 Å². The van der Waals surface area contributed by atoms with Crippen LogP contribution in [-0.4, -0.2) is 37.2 Å². The van der Waals surface area contributed by atoms with Gasteiger partial charge in [-0.2, -0.15) is 0 Å². The third-order valence-electron chi connectivity index (χ3n) is 3.89. The van der Waals surface area contributed by atoms with Crippen LogP contribution in [0.3, 0.4) is 0 Å². The maximum absolute atomic E-state index is 11.9. The zero-order valence-electron chi connectivity index (χ0n) is 15.7. The number of aromatic nitrogens is 1. The van der Waals surface area contributed by atoms with Gasteiger partial charge in [0.25, 0.3) is 0 Å². The topological polar surface area (TPSA) is 91.6 Å². The summed E-state index contributed by atoms with van der Waals surface area (Å²) >= 11 is 0. The molecular weight excluding hydrogens is 306 g/mol. The Balaban J connectivity index is 2.83. The number of nitrogens with one attached hydrogen (secondary N) is 3. The highest BCUT2D eigenvalue weighted by Crippen LogP contribution is 2.17. The maximum Gasteiger partial charge on any atom is 0.227 e. The summed E-state index contributed by atoms with van der Waals surface area (Å²) < 4.78 is 5.38. The Morgan fingerprint density at radius 2 is 1.92 bits per heavy atom. The number of aryl methyl sites for hydroxylation is 2. The van der Waals surface area contributed by atoms with Gasteiger partial charge in [0.2, 0.25) is 5.91 Å². The number of carbonyl (C=O) groups is 1. The molecule has 0 radical (unpaired) electrons. The Morgan fingerprint density at radius 1 is 1.21 bits per heavy atom. The number of carbonyl (C=O) groups excluding carboxylic acids is 1. The number of hydrogen-bond donors (Lipinski definition) is 3. The molecular formula is C17H31N5O2. The van der Waals surface area contributed by atoms with Crippen molar-refractivity contribution in [3.63, 3.8) is 0 Å². The molecule has 0 aliphatic heterocycles. The minimum atomic E-state index is -0.523. The van der Waals surface area contributed by atoms with Crippen LogP contribution < -0.4 is 16.0 Å². The lowest BCUT2D eigenvalue weighted by Gasteiger charge is -2.24. The Labute approximate surface area is 144 Å². The van der Waals surface area contributed by atoms with Crippen molar-refractivity contribution in [1.29, 1.82) is 0 Å². The first-order valence-corrected chi connectivity index (χ1v) is 8.60. The number of hydrogen-bond acceptors (Lipinski definition) is 4. The second-order valence-electron chi connectivity index (χ2n) is 6.25. The van der Waals surface area contributed by atoms with Crippen LogP contribution >= 0.6 is 0 Å². The monoisotopic (exact) mass is 337 g/mol. The van der Waals surface area contributed by atoms with Crippen molar-refractivity contribution in [3.8, 4) is 0 Å². The quantitative estimate of drug-likeness (QED) is 0.495. The molecule has 0 saturated heterocycles. The average Bonchev–Trinajstić information content (AvgIpc) is 2.98. The molecule has 24 heavy (non-hydrogen) atoms. The van der Waals surface area contributed by atoms with E-state index in [1.54, 1.807) is 7.05 Å². The molecule has 1 aromatic rings. The van der Waals surface area contributed by atoms with Crippen LogP contribution in [0.4, 0.5) is 0 Å². The molecule has 1 rings (SSSR count). The summed E-state index contributed by atoms with van der Waals surface area (Å²) in [5.41, 5.74) is 1.49. The molecule has 0 spiro atoms. The van der Waals surface area contributed by atoms with E-state index in [1.807, 2.05) is 27.7 Å². The third kappa shape index (κ3) is 5.25. The van der Waals surface area contributed by atoms with Gasteiger partial charge in [0.05, 0.1) is 17.7 Å². The SMILES string of the molecule is CCNC(=NCc1c(CC)noc1CC)NCC(C)(C)C(=O)NC. The fourth-order valence-electron chi connectivity index (χ4n) is 2.34. The molecule has 0 aliphatic carbocycles. The largest absolute Gasteiger partial charge is 0.361 e. The van der Waals surface area contributed by atoms with Gasteiger partial charge in [0.15, 0.2) is 5.96 Å². The van der Waals surface area contributed by atoms with Crippen LogP contribution in [0, 0.1) is 5.41 Å². The molecule has 0 unspecified atom stereocenters. The number of amides is 1. The van der Waals surface area contributed by atoms with Crippen LogP contribution in [0.15, 0.2) is 9.52 Å². The van der Waals surface area contributed by atoms with Gasteiger partial charge in [0.1, 0.15) is 5.76 Å². The van der Waals surface area contributed by atoms with Crippen molar-refractivity contribution < 1.29 is 9.32 Å². The van der Waals surface area contributed by atoms with E-state index in [0.29, 0.717) is 19.0 Å². The molecule has 0 aliphatic rings. The van der Waals surface area contributed by atoms with Gasteiger partial charge in [-0.25, -0.2) is 4.99 Å². The minimum Gasteiger partial charge on any atom is -0.361 e. The van der Waals surface area contributed by atoms with Gasteiger partial charge in [-0.15, -0.1) is 0 Å². The number of guanidine groups is 1. The highest BCUT2D eigenvalue weighted by atomic mass is 16.5. The van der Waals surface area contributed by atoms with E-state index in [9.17, 15) is 4.79 Å². The van der Waals surface area contributed by atoms with Gasteiger partial charge in [0, 0.05) is 32.1 Å². The maximum atomic E-state index is 11.9. The predicted molar refractivity (Wildman–Crippen MR) is 95.9 cm³/mol. The van der Waals surface area contributed by atoms with E-state index < -0.39 is 5.41 Å². The molecule has 3 N–H and O–H groups in total. The second kappa shape index (κ2) is 9.30. The van der Waals surface area contributed by atoms with Crippen molar-refractivity contribution in [2.75, 3.05) is 20.1 Å². The lowest BCUT2D eigenvalue weighted by Crippen LogP contribution is -2.47. The fourth-order valence-corrected chi connectivity index (χ4v) is 2.34. The molecule has 1 heterocycles. The molecule has 1 aromatic heterocycles. The molecule has 0 atom stereocenters. The first kappa shape index (κ1) is 20.0. The van der Waals surface area contributed by atoms with E-state index in [1.165, 1.54) is 0 Å². The Hall–Kier alpha value is -2.05. The summed E-state index contributed by atoms with van der Waals surface area (Å²) in [4.78, 5) is 16.5. The molecule has 1 amide bonds. The lowest BCUT2D eigenvalue weighted by atomic mass is 9.92. The van der Waals surface area contributed by atoms with Gasteiger partial charge in [-0.1, -0.05) is 19.0 Å². The van der Waals surface area contributed by atoms with Gasteiger partial charge in [-0.05, 0) is 27.2 Å². The number of aliphatic imine (C=N–C) groups is 1. The number of nitrogens with zero attached hydrogens (tertiary/aromatic N) is 2. The van der Waals surface area contributed by atoms with E-state index >= 15 is 0 Å². The molecule has 0 saturated carbocycles. The highest BCUT2D eigenvalue weighted by molar-refractivity contribution is 5.84. The van der Waals surface area contributed by atoms with Crippen LogP contribution in [0.2, 0.25) is 0 Å². The third-order valence-corrected chi connectivity index (χ3v) is 3.89. The Kier molecular flexibility index (Phi) is 7.74. The summed E-state index contributed by atoms with van der Waals surface area (Å²) in [7, 11) is 1.65. The summed E-state index contributed by atoms with van der Waals surface area (Å²) in [6.45, 7) is 11.6. The predicted octanol–water partition coefficient (Wildman–Crippen LogP) is 1.63. The van der Waals surface area contributed by atoms with Crippen molar-refractivity contribution in [2.24, 2.45) is 10.4 Å². The summed E-state index contributed by atoms with van der Waals surface area (Å²) in [5, 5.41) is 13.2. The molecule has 0 aromatic carbocycles. The van der Waals surface area contributed by atoms with Crippen LogP contribution in [0.5, 0.6) is 0 Å². The van der Waals surface area contributed by atoms with Crippen LogP contribution in [0.25, 0.3) is 0 Å². The average molecular weight is 337 g/mol. The fraction of sp³-hybridized carbons (Fsp3) is 0.706. The zero-order chi connectivity index (χ0) is 18.2. The second-order valence-corrected chi connectivity index (χ2v) is 6.25. The van der Waals surface area contributed by atoms with Crippen molar-refractivity contribution in [1.82, 2.24) is 21.1 Å². The molecule has 7 heteroatoms. The Morgan fingerprint density at radius 3 is 2.46 bits per heavy atom. The van der Waals surface area contributed by atoms with Crippen molar-refractivity contribution >= 4 is 11.9 Å². The first-order chi connectivity index (χ1) is 11.4. The van der Waals surface area contributed by atoms with Crippen molar-refractivity contribution in [3.05, 3.63) is 17.0 Å². The summed E-state index contributed by atoms with van der Waals surface area (Å²) in [6, 6.07) is 0. The highest BCUT2D eigenvalue weighted by Gasteiger charge is 2.26. The van der Waals surface area contributed by atoms with Gasteiger partial charge in [-0.3, -0.25) is 4.79 Å². The van der Waals surface area contributed by atoms with Crippen LogP contribution in [-0.2, 0) is 24.2 Å². The summed E-state index contributed by atoms with van der Waals surface area (Å²) in [5.74, 6) is 1.56. The summed E-state index contributed by atoms with van der Waals surface area (Å²) in [6.07, 6.45) is 1.62. The standard InChI is InChI=1S/C17H31N5O2/c1-7-13-12(14(8-2)24-22-13)10-20-16(19-9-3)21-11-17(4,5)15(23)18-6/h7-11H2,1-6H3,(H,18,23)(H2,19,20,21). The number of rotatable bonds is 8. The molecule has 136 valence electrons. The smallest absolute Gasteiger partial charge is 0.227 e. The lowest BCUT2D eigenvalue weighted by molar-refractivity contribution is -0.128. The van der Waals surface area contributed by atoms with E-state index in [2.05, 4.69) is 33.0 Å². The van der Waals surface area contributed by atoms with E-state index in [-0.39, 0.29) is 5.91 Å². The molecule has 0 fully saturated rings. The molecule has 0 bridgehead atoms. The van der Waals surface area contributed by atoms with Crippen LogP contribution in [0.1, 0.15) is 51.6 Å². The van der Waals surface area contributed by atoms with Gasteiger partial charge >= 0.3 is 0 Å². The molecule has 7 nitrogen and oxygen atoms in total. The normalized spacial score (nSPS) is 12.2. The van der Waals surface area contributed by atoms with E-state index in [4.69, 9.17) is 4.52 Å². The van der Waals surface area contributed by atoms with Crippen molar-refractivity contribution in [2.45, 2.75) is 54.0 Å². The minimum absolute atomic E-state index is 0.00794.